The third-order valence-electron chi connectivity index (χ3n) is 3.92. The van der Waals surface area contributed by atoms with Gasteiger partial charge in [0, 0.05) is 44.5 Å². The molecule has 1 aliphatic rings. The molecule has 2 heterocycles. The number of aromatic nitrogens is 1. The predicted molar refractivity (Wildman–Crippen MR) is 78.7 cm³/mol. The largest absolute Gasteiger partial charge is 0.312 e. The fourth-order valence-electron chi connectivity index (χ4n) is 2.65. The molecule has 106 valence electrons. The summed E-state index contributed by atoms with van der Waals surface area (Å²) < 4.78 is 1.91. The minimum atomic E-state index is 0.145. The first-order valence-corrected chi connectivity index (χ1v) is 7.12. The number of pyridine rings is 1. The third kappa shape index (κ3) is 3.91. The van der Waals surface area contributed by atoms with Crippen molar-refractivity contribution < 1.29 is 0 Å². The minimum absolute atomic E-state index is 0.145. The van der Waals surface area contributed by atoms with E-state index in [0.717, 1.165) is 44.6 Å². The smallest absolute Gasteiger partial charge is 0.251 e. The van der Waals surface area contributed by atoms with Gasteiger partial charge in [-0.2, -0.15) is 0 Å². The van der Waals surface area contributed by atoms with Crippen molar-refractivity contribution in [2.24, 2.45) is 0 Å². The summed E-state index contributed by atoms with van der Waals surface area (Å²) in [7, 11) is 4.22. The SMILES string of the molecule is Cc1ccn(C2CCN(CCN(C)C)CC2)c(=O)c1. The summed E-state index contributed by atoms with van der Waals surface area (Å²) in [6.45, 7) is 6.39. The molecule has 0 amide bonds. The van der Waals surface area contributed by atoms with E-state index in [1.807, 2.05) is 23.8 Å². The molecule has 19 heavy (non-hydrogen) atoms. The number of likely N-dealkylation sites (N-methyl/N-ethyl adjacent to an activating group) is 1. The number of rotatable bonds is 4. The molecule has 0 aromatic carbocycles. The van der Waals surface area contributed by atoms with Gasteiger partial charge in [0.1, 0.15) is 0 Å². The molecule has 4 nitrogen and oxygen atoms in total. The third-order valence-corrected chi connectivity index (χ3v) is 3.92. The van der Waals surface area contributed by atoms with Gasteiger partial charge >= 0.3 is 0 Å². The zero-order valence-electron chi connectivity index (χ0n) is 12.3. The van der Waals surface area contributed by atoms with Crippen molar-refractivity contribution in [1.82, 2.24) is 14.4 Å². The lowest BCUT2D eigenvalue weighted by molar-refractivity contribution is 0.171. The highest BCUT2D eigenvalue weighted by molar-refractivity contribution is 5.09. The van der Waals surface area contributed by atoms with Crippen molar-refractivity contribution in [1.29, 1.82) is 0 Å². The maximum Gasteiger partial charge on any atom is 0.251 e. The highest BCUT2D eigenvalue weighted by Crippen LogP contribution is 2.20. The van der Waals surface area contributed by atoms with Gasteiger partial charge in [-0.1, -0.05) is 0 Å². The Hall–Kier alpha value is -1.13. The topological polar surface area (TPSA) is 28.5 Å². The van der Waals surface area contributed by atoms with Crippen LogP contribution < -0.4 is 5.56 Å². The summed E-state index contributed by atoms with van der Waals surface area (Å²) >= 11 is 0. The lowest BCUT2D eigenvalue weighted by atomic mass is 10.0. The lowest BCUT2D eigenvalue weighted by Gasteiger charge is -2.33. The summed E-state index contributed by atoms with van der Waals surface area (Å²) in [4.78, 5) is 16.7. The van der Waals surface area contributed by atoms with E-state index in [2.05, 4.69) is 23.9 Å². The number of hydrogen-bond acceptors (Lipinski definition) is 3. The van der Waals surface area contributed by atoms with Crippen LogP contribution in [0.2, 0.25) is 0 Å². The highest BCUT2D eigenvalue weighted by Gasteiger charge is 2.20. The van der Waals surface area contributed by atoms with Gasteiger partial charge in [-0.25, -0.2) is 0 Å². The summed E-state index contributed by atoms with van der Waals surface area (Å²) in [5, 5.41) is 0. The second-order valence-corrected chi connectivity index (χ2v) is 5.83. The molecular weight excluding hydrogens is 238 g/mol. The van der Waals surface area contributed by atoms with Crippen LogP contribution >= 0.6 is 0 Å². The molecule has 0 unspecified atom stereocenters. The van der Waals surface area contributed by atoms with Crippen molar-refractivity contribution >= 4 is 0 Å². The maximum atomic E-state index is 12.0. The van der Waals surface area contributed by atoms with Crippen LogP contribution in [0.1, 0.15) is 24.4 Å². The molecule has 4 heteroatoms. The van der Waals surface area contributed by atoms with Crippen molar-refractivity contribution in [3.05, 3.63) is 34.2 Å². The summed E-state index contributed by atoms with van der Waals surface area (Å²) in [6, 6.07) is 4.14. The Bertz CT molecular complexity index is 459. The second-order valence-electron chi connectivity index (χ2n) is 5.83. The highest BCUT2D eigenvalue weighted by atomic mass is 16.1. The van der Waals surface area contributed by atoms with Gasteiger partial charge in [0.25, 0.3) is 5.56 Å². The van der Waals surface area contributed by atoms with Crippen LogP contribution in [0.15, 0.2) is 23.1 Å². The quantitative estimate of drug-likeness (QED) is 0.821. The summed E-state index contributed by atoms with van der Waals surface area (Å²) in [5.41, 5.74) is 1.19. The van der Waals surface area contributed by atoms with E-state index in [9.17, 15) is 4.79 Å². The molecule has 0 spiro atoms. The molecule has 1 aliphatic heterocycles. The summed E-state index contributed by atoms with van der Waals surface area (Å²) in [5.74, 6) is 0. The van der Waals surface area contributed by atoms with Gasteiger partial charge in [0.05, 0.1) is 0 Å². The van der Waals surface area contributed by atoms with Gasteiger partial charge in [-0.3, -0.25) is 4.79 Å². The number of piperidine rings is 1. The van der Waals surface area contributed by atoms with E-state index >= 15 is 0 Å². The molecule has 2 rings (SSSR count). The van der Waals surface area contributed by atoms with Crippen LogP contribution in [-0.2, 0) is 0 Å². The van der Waals surface area contributed by atoms with Gasteiger partial charge in [0.15, 0.2) is 0 Å². The normalized spacial score (nSPS) is 18.1. The van der Waals surface area contributed by atoms with Crippen LogP contribution in [0.3, 0.4) is 0 Å². The van der Waals surface area contributed by atoms with Crippen molar-refractivity contribution in [3.63, 3.8) is 0 Å². The standard InChI is InChI=1S/C15H25N3O/c1-13-4-9-18(15(19)12-13)14-5-7-17(8-6-14)11-10-16(2)3/h4,9,12,14H,5-8,10-11H2,1-3H3. The van der Waals surface area contributed by atoms with Gasteiger partial charge in [-0.05, 0) is 45.5 Å². The molecule has 0 aliphatic carbocycles. The monoisotopic (exact) mass is 263 g/mol. The van der Waals surface area contributed by atoms with Crippen LogP contribution in [0.4, 0.5) is 0 Å². The Morgan fingerprint density at radius 3 is 2.58 bits per heavy atom. The van der Waals surface area contributed by atoms with Crippen LogP contribution in [-0.4, -0.2) is 54.6 Å². The van der Waals surface area contributed by atoms with Gasteiger partial charge in [-0.15, -0.1) is 0 Å². The van der Waals surface area contributed by atoms with Crippen molar-refractivity contribution in [2.75, 3.05) is 40.3 Å². The lowest BCUT2D eigenvalue weighted by Crippen LogP contribution is -2.40. The minimum Gasteiger partial charge on any atom is -0.312 e. The van der Waals surface area contributed by atoms with Crippen LogP contribution in [0.5, 0.6) is 0 Å². The first kappa shape index (κ1) is 14.3. The number of likely N-dealkylation sites (tertiary alicyclic amines) is 1. The van der Waals surface area contributed by atoms with E-state index in [0.29, 0.717) is 6.04 Å². The summed E-state index contributed by atoms with van der Waals surface area (Å²) in [6.07, 6.45) is 4.12. The number of hydrogen-bond donors (Lipinski definition) is 0. The van der Waals surface area contributed by atoms with E-state index in [1.54, 1.807) is 6.07 Å². The van der Waals surface area contributed by atoms with Crippen molar-refractivity contribution in [3.8, 4) is 0 Å². The molecule has 1 aromatic rings. The zero-order valence-corrected chi connectivity index (χ0v) is 12.3. The van der Waals surface area contributed by atoms with E-state index in [-0.39, 0.29) is 5.56 Å². The van der Waals surface area contributed by atoms with E-state index in [1.165, 1.54) is 0 Å². The van der Waals surface area contributed by atoms with Crippen molar-refractivity contribution in [2.45, 2.75) is 25.8 Å². The van der Waals surface area contributed by atoms with Gasteiger partial charge in [0.2, 0.25) is 0 Å². The first-order valence-electron chi connectivity index (χ1n) is 7.12. The molecule has 0 bridgehead atoms. The maximum absolute atomic E-state index is 12.0. The Morgan fingerprint density at radius 1 is 1.32 bits per heavy atom. The van der Waals surface area contributed by atoms with Crippen LogP contribution in [0.25, 0.3) is 0 Å². The first-order chi connectivity index (χ1) is 9.06. The molecule has 0 atom stereocenters. The average molecular weight is 263 g/mol. The Balaban J connectivity index is 1.91. The molecule has 1 saturated heterocycles. The molecule has 0 N–H and O–H groups in total. The Labute approximate surface area is 115 Å². The zero-order chi connectivity index (χ0) is 13.8. The van der Waals surface area contributed by atoms with Gasteiger partial charge < -0.3 is 14.4 Å². The molecule has 1 aromatic heterocycles. The molecule has 0 saturated carbocycles. The Kier molecular flexibility index (Phi) is 4.77. The van der Waals surface area contributed by atoms with E-state index in [4.69, 9.17) is 0 Å². The fourth-order valence-corrected chi connectivity index (χ4v) is 2.65. The van der Waals surface area contributed by atoms with Crippen LogP contribution in [0, 0.1) is 6.92 Å². The Morgan fingerprint density at radius 2 is 2.00 bits per heavy atom. The number of nitrogens with zero attached hydrogens (tertiary/aromatic N) is 3. The molecule has 1 fully saturated rings. The fraction of sp³-hybridized carbons (Fsp3) is 0.667. The second kappa shape index (κ2) is 6.35. The predicted octanol–water partition coefficient (Wildman–Crippen LogP) is 1.36. The molecular formula is C15H25N3O. The van der Waals surface area contributed by atoms with E-state index < -0.39 is 0 Å². The number of aryl methyl sites for hydroxylation is 1. The molecule has 0 radical (unpaired) electrons. The average Bonchev–Trinajstić information content (AvgIpc) is 2.37.